The minimum Gasteiger partial charge on any atom is -0.336 e. The first-order valence-electron chi connectivity index (χ1n) is 8.17. The molecule has 3 heterocycles. The van der Waals surface area contributed by atoms with Gasteiger partial charge >= 0.3 is 5.69 Å². The lowest BCUT2D eigenvalue weighted by Crippen LogP contribution is -2.43. The molecule has 8 heteroatoms. The van der Waals surface area contributed by atoms with Crippen LogP contribution in [0.15, 0.2) is 52.6 Å². The van der Waals surface area contributed by atoms with Crippen LogP contribution in [-0.2, 0) is 0 Å². The van der Waals surface area contributed by atoms with Gasteiger partial charge in [-0.05, 0) is 46.8 Å². The van der Waals surface area contributed by atoms with Crippen LogP contribution in [0.1, 0.15) is 28.6 Å². The van der Waals surface area contributed by atoms with Crippen molar-refractivity contribution in [1.29, 1.82) is 0 Å². The third-order valence-corrected chi connectivity index (χ3v) is 5.22. The number of tetrazole rings is 1. The summed E-state index contributed by atoms with van der Waals surface area (Å²) in [5.74, 6) is 0.0169. The molecule has 0 radical (unpaired) electrons. The highest BCUT2D eigenvalue weighted by molar-refractivity contribution is 7.12. The van der Waals surface area contributed by atoms with Crippen molar-refractivity contribution in [2.45, 2.75) is 18.9 Å². The maximum atomic E-state index is 12.7. The van der Waals surface area contributed by atoms with Gasteiger partial charge < -0.3 is 4.90 Å². The van der Waals surface area contributed by atoms with Gasteiger partial charge in [0.2, 0.25) is 0 Å². The molecule has 25 heavy (non-hydrogen) atoms. The van der Waals surface area contributed by atoms with Gasteiger partial charge in [-0.15, -0.1) is 11.3 Å². The molecule has 0 N–H and O–H groups in total. The average Bonchev–Trinajstić information content (AvgIpc) is 3.32. The van der Waals surface area contributed by atoms with Crippen LogP contribution < -0.4 is 5.69 Å². The van der Waals surface area contributed by atoms with Crippen molar-refractivity contribution in [3.8, 4) is 5.69 Å². The summed E-state index contributed by atoms with van der Waals surface area (Å²) in [6, 6.07) is 12.8. The van der Waals surface area contributed by atoms with Crippen molar-refractivity contribution < 1.29 is 4.79 Å². The van der Waals surface area contributed by atoms with Gasteiger partial charge in [-0.2, -0.15) is 9.36 Å². The van der Waals surface area contributed by atoms with Crippen LogP contribution >= 0.6 is 11.3 Å². The molecule has 0 saturated carbocycles. The molecule has 4 rings (SSSR count). The van der Waals surface area contributed by atoms with E-state index in [-0.39, 0.29) is 17.6 Å². The van der Waals surface area contributed by atoms with Crippen LogP contribution in [0.4, 0.5) is 0 Å². The quantitative estimate of drug-likeness (QED) is 0.720. The highest BCUT2D eigenvalue weighted by atomic mass is 32.1. The fourth-order valence-corrected chi connectivity index (χ4v) is 3.80. The maximum Gasteiger partial charge on any atom is 0.368 e. The Morgan fingerprint density at radius 1 is 1.12 bits per heavy atom. The lowest BCUT2D eigenvalue weighted by Gasteiger charge is -2.31. The second-order valence-corrected chi connectivity index (χ2v) is 6.93. The van der Waals surface area contributed by atoms with Crippen molar-refractivity contribution in [2.24, 2.45) is 0 Å². The number of amides is 1. The monoisotopic (exact) mass is 355 g/mol. The van der Waals surface area contributed by atoms with Gasteiger partial charge in [-0.1, -0.05) is 24.3 Å². The Labute approximate surface area is 148 Å². The molecule has 0 aliphatic carbocycles. The summed E-state index contributed by atoms with van der Waals surface area (Å²) >= 11 is 1.43. The van der Waals surface area contributed by atoms with Gasteiger partial charge in [0.1, 0.15) is 0 Å². The normalized spacial score (nSPS) is 17.6. The summed E-state index contributed by atoms with van der Waals surface area (Å²) in [5.41, 5.74) is 0.405. The van der Waals surface area contributed by atoms with Crippen LogP contribution in [0, 0.1) is 0 Å². The Bertz CT molecular complexity index is 916. The molecular formula is C17H17N5O2S. The minimum atomic E-state index is -0.276. The molecule has 2 aromatic heterocycles. The number of likely N-dealkylation sites (tertiary alicyclic amines) is 1. The molecule has 7 nitrogen and oxygen atoms in total. The van der Waals surface area contributed by atoms with E-state index >= 15 is 0 Å². The van der Waals surface area contributed by atoms with Crippen LogP contribution in [0.25, 0.3) is 5.69 Å². The molecular weight excluding hydrogens is 338 g/mol. The largest absolute Gasteiger partial charge is 0.368 e. The molecule has 1 atom stereocenters. The highest BCUT2D eigenvalue weighted by Gasteiger charge is 2.28. The lowest BCUT2D eigenvalue weighted by atomic mass is 10.1. The number of carbonyl (C=O) groups excluding carboxylic acids is 1. The second-order valence-electron chi connectivity index (χ2n) is 5.98. The molecule has 0 unspecified atom stereocenters. The molecule has 128 valence electrons. The molecule has 1 fully saturated rings. The number of hydrogen-bond acceptors (Lipinski definition) is 5. The summed E-state index contributed by atoms with van der Waals surface area (Å²) in [6.45, 7) is 1.18. The fourth-order valence-electron chi connectivity index (χ4n) is 3.11. The lowest BCUT2D eigenvalue weighted by molar-refractivity contribution is 0.0674. The number of thiophene rings is 1. The molecule has 0 bridgehead atoms. The van der Waals surface area contributed by atoms with Gasteiger partial charge in [-0.25, -0.2) is 4.79 Å². The zero-order chi connectivity index (χ0) is 17.2. The Kier molecular flexibility index (Phi) is 4.19. The summed E-state index contributed by atoms with van der Waals surface area (Å²) in [6.07, 6.45) is 1.65. The number of carbonyl (C=O) groups is 1. The first-order valence-corrected chi connectivity index (χ1v) is 9.05. The zero-order valence-corrected chi connectivity index (χ0v) is 14.3. The van der Waals surface area contributed by atoms with E-state index in [1.807, 2.05) is 47.8 Å². The van der Waals surface area contributed by atoms with Gasteiger partial charge in [-0.3, -0.25) is 4.79 Å². The second kappa shape index (κ2) is 6.64. The van der Waals surface area contributed by atoms with Crippen molar-refractivity contribution >= 4 is 17.2 Å². The van der Waals surface area contributed by atoms with E-state index in [4.69, 9.17) is 0 Å². The number of piperidine rings is 1. The topological polar surface area (TPSA) is 73.0 Å². The van der Waals surface area contributed by atoms with E-state index in [1.54, 1.807) is 4.90 Å². The molecule has 1 aromatic carbocycles. The smallest absolute Gasteiger partial charge is 0.336 e. The van der Waals surface area contributed by atoms with Crippen LogP contribution in [0.5, 0.6) is 0 Å². The number of rotatable bonds is 3. The van der Waals surface area contributed by atoms with E-state index in [0.29, 0.717) is 18.8 Å². The van der Waals surface area contributed by atoms with E-state index < -0.39 is 0 Å². The van der Waals surface area contributed by atoms with Crippen LogP contribution in [0.3, 0.4) is 0 Å². The first-order chi connectivity index (χ1) is 12.2. The van der Waals surface area contributed by atoms with Crippen LogP contribution in [0.2, 0.25) is 0 Å². The van der Waals surface area contributed by atoms with Gasteiger partial charge in [0.15, 0.2) is 0 Å². The highest BCUT2D eigenvalue weighted by Crippen LogP contribution is 2.22. The third-order valence-electron chi connectivity index (χ3n) is 4.37. The van der Waals surface area contributed by atoms with Gasteiger partial charge in [0, 0.05) is 13.1 Å². The average molecular weight is 355 g/mol. The Morgan fingerprint density at radius 2 is 1.96 bits per heavy atom. The van der Waals surface area contributed by atoms with Crippen LogP contribution in [-0.4, -0.2) is 43.7 Å². The molecule has 1 aliphatic rings. The van der Waals surface area contributed by atoms with Crippen molar-refractivity contribution in [1.82, 2.24) is 24.7 Å². The predicted octanol–water partition coefficient (Wildman–Crippen LogP) is 1.97. The Hall–Kier alpha value is -2.74. The van der Waals surface area contributed by atoms with E-state index in [0.717, 1.165) is 17.7 Å². The SMILES string of the molecule is O=C(c1cccs1)N1CCC[C@@H](n2nnn(-c3ccccc3)c2=O)C1. The van der Waals surface area contributed by atoms with E-state index in [1.165, 1.54) is 20.7 Å². The first kappa shape index (κ1) is 15.8. The van der Waals surface area contributed by atoms with Crippen molar-refractivity contribution in [3.63, 3.8) is 0 Å². The molecule has 1 saturated heterocycles. The number of nitrogens with zero attached hydrogens (tertiary/aromatic N) is 5. The molecule has 0 spiro atoms. The summed E-state index contributed by atoms with van der Waals surface area (Å²) < 4.78 is 2.70. The summed E-state index contributed by atoms with van der Waals surface area (Å²) in [7, 11) is 0. The van der Waals surface area contributed by atoms with Crippen molar-refractivity contribution in [2.75, 3.05) is 13.1 Å². The zero-order valence-electron chi connectivity index (χ0n) is 13.5. The summed E-state index contributed by atoms with van der Waals surface area (Å²) in [5, 5.41) is 9.94. The molecule has 1 aliphatic heterocycles. The van der Waals surface area contributed by atoms with E-state index in [2.05, 4.69) is 10.4 Å². The molecule has 3 aromatic rings. The van der Waals surface area contributed by atoms with Gasteiger partial charge in [0.25, 0.3) is 5.91 Å². The Balaban J connectivity index is 1.57. The number of benzene rings is 1. The third kappa shape index (κ3) is 3.00. The standard InChI is InChI=1S/C17H17N5O2S/c23-16(15-9-5-11-25-15)20-10-4-8-14(12-20)22-17(24)21(18-19-22)13-6-2-1-3-7-13/h1-3,5-7,9,11,14H,4,8,10,12H2/t14-/m1/s1. The predicted molar refractivity (Wildman–Crippen MR) is 94.1 cm³/mol. The van der Waals surface area contributed by atoms with E-state index in [9.17, 15) is 9.59 Å². The number of hydrogen-bond donors (Lipinski definition) is 0. The number of para-hydroxylation sites is 1. The number of aromatic nitrogens is 4. The van der Waals surface area contributed by atoms with Gasteiger partial charge in [0.05, 0.1) is 16.6 Å². The maximum absolute atomic E-state index is 12.7. The fraction of sp³-hybridized carbons (Fsp3) is 0.294. The van der Waals surface area contributed by atoms with Crippen molar-refractivity contribution in [3.05, 3.63) is 63.2 Å². The minimum absolute atomic E-state index is 0.0169. The molecule has 1 amide bonds. The Morgan fingerprint density at radius 3 is 2.72 bits per heavy atom. The summed E-state index contributed by atoms with van der Waals surface area (Å²) in [4.78, 5) is 27.8.